The molecule has 0 spiro atoms. The largest absolute Gasteiger partial charge is 0.491 e. The maximum absolute atomic E-state index is 5.66. The topological polar surface area (TPSA) is 85.7 Å². The first-order valence-electron chi connectivity index (χ1n) is 5.23. The third kappa shape index (κ3) is 3.78. The molecular formula is C11H18N4O. The predicted octanol–water partition coefficient (Wildman–Crippen LogP) is 1.27. The van der Waals surface area contributed by atoms with Gasteiger partial charge in [0.15, 0.2) is 0 Å². The van der Waals surface area contributed by atoms with Crippen LogP contribution in [0.3, 0.4) is 0 Å². The fourth-order valence-corrected chi connectivity index (χ4v) is 1.11. The molecule has 0 saturated carbocycles. The van der Waals surface area contributed by atoms with E-state index in [1.165, 1.54) is 0 Å². The van der Waals surface area contributed by atoms with Gasteiger partial charge in [-0.15, -0.1) is 0 Å². The first-order chi connectivity index (χ1) is 7.65. The number of hydrazine groups is 1. The Kier molecular flexibility index (Phi) is 4.60. The third-order valence-electron chi connectivity index (χ3n) is 2.13. The Hall–Kier alpha value is -1.75. The van der Waals surface area contributed by atoms with Crippen LogP contribution in [0.2, 0.25) is 0 Å². The Balaban J connectivity index is 2.79. The van der Waals surface area contributed by atoms with Crippen LogP contribution in [-0.4, -0.2) is 12.1 Å². The van der Waals surface area contributed by atoms with Gasteiger partial charge in [-0.05, 0) is 25.5 Å². The molecule has 1 unspecified atom stereocenters. The van der Waals surface area contributed by atoms with Crippen LogP contribution in [0.4, 0.5) is 5.69 Å². The number of nitrogens with two attached hydrogens (primary N) is 2. The standard InChI is InChI=1S/C11H18N4O/c1-3-8(2)16-10-6-4-5-9(7-10)14-11(12)15-13/h4-8H,3,13H2,1-2H3,(H3,12,14,15). The minimum atomic E-state index is 0.167. The van der Waals surface area contributed by atoms with Crippen molar-refractivity contribution in [3.05, 3.63) is 24.3 Å². The average molecular weight is 222 g/mol. The van der Waals surface area contributed by atoms with Gasteiger partial charge in [0.25, 0.3) is 0 Å². The summed E-state index contributed by atoms with van der Waals surface area (Å²) in [5, 5.41) is 0. The number of hydrogen-bond acceptors (Lipinski definition) is 3. The van der Waals surface area contributed by atoms with Gasteiger partial charge in [0.1, 0.15) is 5.75 Å². The maximum Gasteiger partial charge on any atom is 0.208 e. The van der Waals surface area contributed by atoms with Gasteiger partial charge in [-0.25, -0.2) is 10.8 Å². The fourth-order valence-electron chi connectivity index (χ4n) is 1.11. The van der Waals surface area contributed by atoms with Crippen molar-refractivity contribution in [2.75, 3.05) is 0 Å². The summed E-state index contributed by atoms with van der Waals surface area (Å²) in [6.07, 6.45) is 1.14. The molecule has 0 aliphatic rings. The molecule has 0 amide bonds. The van der Waals surface area contributed by atoms with Crippen molar-refractivity contribution in [2.24, 2.45) is 16.6 Å². The second kappa shape index (κ2) is 5.97. The number of benzene rings is 1. The van der Waals surface area contributed by atoms with Gasteiger partial charge in [0.2, 0.25) is 5.96 Å². The SMILES string of the molecule is CCC(C)Oc1cccc(N=C(N)NN)c1. The van der Waals surface area contributed by atoms with Crippen molar-refractivity contribution in [1.29, 1.82) is 0 Å². The van der Waals surface area contributed by atoms with E-state index in [-0.39, 0.29) is 12.1 Å². The van der Waals surface area contributed by atoms with Crippen LogP contribution in [0.5, 0.6) is 5.75 Å². The van der Waals surface area contributed by atoms with Crippen LogP contribution in [0.25, 0.3) is 0 Å². The molecule has 16 heavy (non-hydrogen) atoms. The molecule has 5 heteroatoms. The summed E-state index contributed by atoms with van der Waals surface area (Å²) in [5.41, 5.74) is 8.43. The molecule has 0 aromatic heterocycles. The van der Waals surface area contributed by atoms with E-state index in [0.717, 1.165) is 12.2 Å². The van der Waals surface area contributed by atoms with Gasteiger partial charge in [0.05, 0.1) is 11.8 Å². The Labute approximate surface area is 95.5 Å². The van der Waals surface area contributed by atoms with Crippen LogP contribution in [0, 0.1) is 0 Å². The highest BCUT2D eigenvalue weighted by Crippen LogP contribution is 2.21. The Bertz CT molecular complexity index is 365. The molecule has 0 radical (unpaired) electrons. The molecule has 1 aromatic rings. The summed E-state index contributed by atoms with van der Waals surface area (Å²) in [5.74, 6) is 6.07. The minimum Gasteiger partial charge on any atom is -0.491 e. The zero-order valence-corrected chi connectivity index (χ0v) is 9.60. The molecule has 88 valence electrons. The van der Waals surface area contributed by atoms with E-state index in [4.69, 9.17) is 16.3 Å². The molecule has 0 heterocycles. The van der Waals surface area contributed by atoms with Gasteiger partial charge in [-0.1, -0.05) is 13.0 Å². The summed E-state index contributed by atoms with van der Waals surface area (Å²) in [6.45, 7) is 4.09. The zero-order valence-electron chi connectivity index (χ0n) is 9.60. The lowest BCUT2D eigenvalue weighted by molar-refractivity contribution is 0.217. The molecule has 0 fully saturated rings. The van der Waals surface area contributed by atoms with Gasteiger partial charge >= 0.3 is 0 Å². The summed E-state index contributed by atoms with van der Waals surface area (Å²) >= 11 is 0. The highest BCUT2D eigenvalue weighted by atomic mass is 16.5. The lowest BCUT2D eigenvalue weighted by atomic mass is 10.3. The summed E-state index contributed by atoms with van der Waals surface area (Å²) in [7, 11) is 0. The molecule has 5 nitrogen and oxygen atoms in total. The van der Waals surface area contributed by atoms with Crippen molar-refractivity contribution >= 4 is 11.6 Å². The molecule has 0 saturated heterocycles. The Morgan fingerprint density at radius 2 is 2.31 bits per heavy atom. The van der Waals surface area contributed by atoms with Gasteiger partial charge < -0.3 is 10.5 Å². The maximum atomic E-state index is 5.66. The van der Waals surface area contributed by atoms with E-state index in [1.54, 1.807) is 0 Å². The number of nitrogens with one attached hydrogen (secondary N) is 1. The number of ether oxygens (including phenoxy) is 1. The van der Waals surface area contributed by atoms with Crippen LogP contribution in [0.15, 0.2) is 29.3 Å². The minimum absolute atomic E-state index is 0.167. The highest BCUT2D eigenvalue weighted by molar-refractivity contribution is 5.80. The fraction of sp³-hybridized carbons (Fsp3) is 0.364. The van der Waals surface area contributed by atoms with Crippen molar-refractivity contribution in [2.45, 2.75) is 26.4 Å². The first-order valence-corrected chi connectivity index (χ1v) is 5.23. The molecule has 5 N–H and O–H groups in total. The molecular weight excluding hydrogens is 204 g/mol. The third-order valence-corrected chi connectivity index (χ3v) is 2.13. The van der Waals surface area contributed by atoms with Crippen LogP contribution < -0.4 is 21.7 Å². The number of nitrogens with zero attached hydrogens (tertiary/aromatic N) is 1. The van der Waals surface area contributed by atoms with Crippen LogP contribution in [0.1, 0.15) is 20.3 Å². The Morgan fingerprint density at radius 3 is 2.94 bits per heavy atom. The van der Waals surface area contributed by atoms with E-state index in [1.807, 2.05) is 31.2 Å². The van der Waals surface area contributed by atoms with E-state index in [9.17, 15) is 0 Å². The monoisotopic (exact) mass is 222 g/mol. The number of hydrogen-bond donors (Lipinski definition) is 3. The van der Waals surface area contributed by atoms with Crippen molar-refractivity contribution in [3.8, 4) is 5.75 Å². The van der Waals surface area contributed by atoms with Crippen molar-refractivity contribution in [3.63, 3.8) is 0 Å². The summed E-state index contributed by atoms with van der Waals surface area (Å²) in [6, 6.07) is 7.39. The summed E-state index contributed by atoms with van der Waals surface area (Å²) < 4.78 is 5.66. The molecule has 0 bridgehead atoms. The van der Waals surface area contributed by atoms with E-state index in [0.29, 0.717) is 5.69 Å². The van der Waals surface area contributed by atoms with Crippen LogP contribution in [-0.2, 0) is 0 Å². The summed E-state index contributed by atoms with van der Waals surface area (Å²) in [4.78, 5) is 4.05. The first kappa shape index (κ1) is 12.3. The Morgan fingerprint density at radius 1 is 1.56 bits per heavy atom. The van der Waals surface area contributed by atoms with E-state index in [2.05, 4.69) is 17.3 Å². The van der Waals surface area contributed by atoms with Gasteiger partial charge in [-0.3, -0.25) is 5.43 Å². The van der Waals surface area contributed by atoms with Gasteiger partial charge in [0, 0.05) is 6.07 Å². The van der Waals surface area contributed by atoms with Crippen molar-refractivity contribution < 1.29 is 4.74 Å². The highest BCUT2D eigenvalue weighted by Gasteiger charge is 2.01. The van der Waals surface area contributed by atoms with E-state index >= 15 is 0 Å². The second-order valence-electron chi connectivity index (χ2n) is 3.48. The zero-order chi connectivity index (χ0) is 12.0. The quantitative estimate of drug-likeness (QED) is 0.310. The molecule has 0 aliphatic carbocycles. The predicted molar refractivity (Wildman–Crippen MR) is 65.4 cm³/mol. The van der Waals surface area contributed by atoms with Crippen molar-refractivity contribution in [1.82, 2.24) is 5.43 Å². The number of guanidine groups is 1. The normalized spacial score (nSPS) is 13.3. The lowest BCUT2D eigenvalue weighted by Crippen LogP contribution is -2.36. The van der Waals surface area contributed by atoms with Crippen LogP contribution >= 0.6 is 0 Å². The lowest BCUT2D eigenvalue weighted by Gasteiger charge is -2.12. The second-order valence-corrected chi connectivity index (χ2v) is 3.48. The van der Waals surface area contributed by atoms with Gasteiger partial charge in [-0.2, -0.15) is 0 Å². The molecule has 1 atom stereocenters. The number of aliphatic imine (C=N–C) groups is 1. The van der Waals surface area contributed by atoms with E-state index < -0.39 is 0 Å². The molecule has 0 aliphatic heterocycles. The smallest absolute Gasteiger partial charge is 0.208 e. The molecule has 1 rings (SSSR count). The molecule has 1 aromatic carbocycles. The average Bonchev–Trinajstić information content (AvgIpc) is 2.29. The number of rotatable bonds is 4.